The predicted molar refractivity (Wildman–Crippen MR) is 53.9 cm³/mol. The third-order valence-electron chi connectivity index (χ3n) is 2.95. The number of hydrogen-bond acceptors (Lipinski definition) is 3. The summed E-state index contributed by atoms with van der Waals surface area (Å²) in [7, 11) is 0. The standard InChI is InChI=1S/C11H16N2O/c14-11-4-2-1-3-9(5-11)10-6-12-8-13-7-10/h6-9,11,14H,1-5H2. The van der Waals surface area contributed by atoms with Gasteiger partial charge in [0.15, 0.2) is 0 Å². The molecule has 1 fully saturated rings. The molecule has 14 heavy (non-hydrogen) atoms. The Balaban J connectivity index is 2.09. The highest BCUT2D eigenvalue weighted by Crippen LogP contribution is 2.30. The van der Waals surface area contributed by atoms with E-state index in [9.17, 15) is 5.11 Å². The zero-order chi connectivity index (χ0) is 9.80. The second-order valence-corrected chi connectivity index (χ2v) is 4.04. The molecule has 1 aliphatic carbocycles. The van der Waals surface area contributed by atoms with Crippen molar-refractivity contribution in [2.75, 3.05) is 0 Å². The van der Waals surface area contributed by atoms with E-state index in [2.05, 4.69) is 9.97 Å². The molecule has 1 saturated carbocycles. The Hall–Kier alpha value is -0.960. The van der Waals surface area contributed by atoms with E-state index >= 15 is 0 Å². The van der Waals surface area contributed by atoms with Crippen molar-refractivity contribution in [3.63, 3.8) is 0 Å². The normalized spacial score (nSPS) is 28.4. The Labute approximate surface area is 84.2 Å². The number of rotatable bonds is 1. The summed E-state index contributed by atoms with van der Waals surface area (Å²) in [5.74, 6) is 0.452. The van der Waals surface area contributed by atoms with Crippen molar-refractivity contribution >= 4 is 0 Å². The maximum absolute atomic E-state index is 9.68. The zero-order valence-electron chi connectivity index (χ0n) is 8.26. The van der Waals surface area contributed by atoms with Crippen LogP contribution in [-0.2, 0) is 0 Å². The molecule has 0 radical (unpaired) electrons. The van der Waals surface area contributed by atoms with Gasteiger partial charge in [-0.05, 0) is 30.7 Å². The number of nitrogens with zero attached hydrogens (tertiary/aromatic N) is 2. The maximum Gasteiger partial charge on any atom is 0.115 e. The highest BCUT2D eigenvalue weighted by Gasteiger charge is 2.19. The van der Waals surface area contributed by atoms with Crippen LogP contribution in [0.1, 0.15) is 43.6 Å². The van der Waals surface area contributed by atoms with E-state index in [1.54, 1.807) is 6.33 Å². The molecule has 2 atom stereocenters. The lowest BCUT2D eigenvalue weighted by atomic mass is 9.93. The predicted octanol–water partition coefficient (Wildman–Crippen LogP) is 1.89. The second-order valence-electron chi connectivity index (χ2n) is 4.04. The van der Waals surface area contributed by atoms with Gasteiger partial charge in [-0.1, -0.05) is 12.8 Å². The molecule has 3 nitrogen and oxygen atoms in total. The van der Waals surface area contributed by atoms with Crippen LogP contribution in [0.5, 0.6) is 0 Å². The Morgan fingerprint density at radius 3 is 2.64 bits per heavy atom. The summed E-state index contributed by atoms with van der Waals surface area (Å²) in [4.78, 5) is 8.05. The van der Waals surface area contributed by atoms with Gasteiger partial charge in [-0.3, -0.25) is 0 Å². The lowest BCUT2D eigenvalue weighted by Gasteiger charge is -2.15. The number of aromatic nitrogens is 2. The van der Waals surface area contributed by atoms with Crippen LogP contribution in [0.15, 0.2) is 18.7 Å². The highest BCUT2D eigenvalue weighted by atomic mass is 16.3. The van der Waals surface area contributed by atoms with E-state index in [0.717, 1.165) is 25.7 Å². The van der Waals surface area contributed by atoms with E-state index in [-0.39, 0.29) is 6.10 Å². The van der Waals surface area contributed by atoms with Gasteiger partial charge < -0.3 is 5.11 Å². The molecule has 1 aromatic rings. The van der Waals surface area contributed by atoms with Gasteiger partial charge >= 0.3 is 0 Å². The largest absolute Gasteiger partial charge is 0.393 e. The van der Waals surface area contributed by atoms with Gasteiger partial charge in [0.1, 0.15) is 6.33 Å². The molecule has 0 spiro atoms. The summed E-state index contributed by atoms with van der Waals surface area (Å²) >= 11 is 0. The fraction of sp³-hybridized carbons (Fsp3) is 0.636. The van der Waals surface area contributed by atoms with Gasteiger partial charge in [0.2, 0.25) is 0 Å². The van der Waals surface area contributed by atoms with Crippen LogP contribution in [-0.4, -0.2) is 21.2 Å². The Morgan fingerprint density at radius 2 is 1.86 bits per heavy atom. The molecule has 0 aromatic carbocycles. The summed E-state index contributed by atoms with van der Waals surface area (Å²) in [6.07, 6.45) is 10.5. The van der Waals surface area contributed by atoms with Crippen LogP contribution >= 0.6 is 0 Å². The van der Waals surface area contributed by atoms with Crippen LogP contribution in [0.3, 0.4) is 0 Å². The van der Waals surface area contributed by atoms with Crippen molar-refractivity contribution in [1.29, 1.82) is 0 Å². The van der Waals surface area contributed by atoms with Crippen LogP contribution in [0.4, 0.5) is 0 Å². The Morgan fingerprint density at radius 1 is 1.14 bits per heavy atom. The van der Waals surface area contributed by atoms with Crippen LogP contribution in [0, 0.1) is 0 Å². The van der Waals surface area contributed by atoms with Gasteiger partial charge in [0.25, 0.3) is 0 Å². The highest BCUT2D eigenvalue weighted by molar-refractivity contribution is 5.10. The van der Waals surface area contributed by atoms with Gasteiger partial charge in [-0.25, -0.2) is 9.97 Å². The van der Waals surface area contributed by atoms with E-state index in [4.69, 9.17) is 0 Å². The molecule has 2 rings (SSSR count). The summed E-state index contributed by atoms with van der Waals surface area (Å²) in [5, 5.41) is 9.68. The molecular weight excluding hydrogens is 176 g/mol. The SMILES string of the molecule is OC1CCCCC(c2cncnc2)C1. The number of aliphatic hydroxyl groups excluding tert-OH is 1. The molecule has 0 saturated heterocycles. The number of aliphatic hydroxyl groups is 1. The molecule has 1 heterocycles. The smallest absolute Gasteiger partial charge is 0.115 e. The molecule has 1 aromatic heterocycles. The van der Waals surface area contributed by atoms with E-state index in [0.29, 0.717) is 5.92 Å². The lowest BCUT2D eigenvalue weighted by molar-refractivity contribution is 0.152. The fourth-order valence-corrected chi connectivity index (χ4v) is 2.16. The van der Waals surface area contributed by atoms with Crippen LogP contribution in [0.25, 0.3) is 0 Å². The van der Waals surface area contributed by atoms with Gasteiger partial charge in [-0.15, -0.1) is 0 Å². The first-order valence-corrected chi connectivity index (χ1v) is 5.29. The molecule has 0 aliphatic heterocycles. The quantitative estimate of drug-likeness (QED) is 0.691. The van der Waals surface area contributed by atoms with Crippen molar-refractivity contribution in [3.8, 4) is 0 Å². The minimum Gasteiger partial charge on any atom is -0.393 e. The van der Waals surface area contributed by atoms with Crippen molar-refractivity contribution in [2.45, 2.75) is 44.1 Å². The minimum atomic E-state index is -0.136. The molecule has 0 bridgehead atoms. The Bertz CT molecular complexity index is 276. The summed E-state index contributed by atoms with van der Waals surface area (Å²) in [5.41, 5.74) is 1.17. The molecule has 1 N–H and O–H groups in total. The van der Waals surface area contributed by atoms with Gasteiger partial charge in [0.05, 0.1) is 6.10 Å². The average molecular weight is 192 g/mol. The fourth-order valence-electron chi connectivity index (χ4n) is 2.16. The number of hydrogen-bond donors (Lipinski definition) is 1. The first-order chi connectivity index (χ1) is 6.86. The first-order valence-electron chi connectivity index (χ1n) is 5.29. The summed E-state index contributed by atoms with van der Waals surface area (Å²) in [6, 6.07) is 0. The van der Waals surface area contributed by atoms with Crippen LogP contribution in [0.2, 0.25) is 0 Å². The van der Waals surface area contributed by atoms with E-state index in [1.165, 1.54) is 12.0 Å². The monoisotopic (exact) mass is 192 g/mol. The maximum atomic E-state index is 9.68. The van der Waals surface area contributed by atoms with Crippen molar-refractivity contribution in [1.82, 2.24) is 9.97 Å². The molecule has 76 valence electrons. The first kappa shape index (κ1) is 9.59. The zero-order valence-corrected chi connectivity index (χ0v) is 8.26. The topological polar surface area (TPSA) is 46.0 Å². The van der Waals surface area contributed by atoms with E-state index < -0.39 is 0 Å². The second kappa shape index (κ2) is 4.51. The lowest BCUT2D eigenvalue weighted by Crippen LogP contribution is -2.09. The molecule has 3 heteroatoms. The average Bonchev–Trinajstić information content (AvgIpc) is 2.44. The minimum absolute atomic E-state index is 0.136. The summed E-state index contributed by atoms with van der Waals surface area (Å²) in [6.45, 7) is 0. The van der Waals surface area contributed by atoms with Gasteiger partial charge in [0, 0.05) is 12.4 Å². The molecule has 1 aliphatic rings. The van der Waals surface area contributed by atoms with Crippen molar-refractivity contribution in [3.05, 3.63) is 24.3 Å². The molecule has 0 amide bonds. The Kier molecular flexibility index (Phi) is 3.09. The molecule has 2 unspecified atom stereocenters. The van der Waals surface area contributed by atoms with E-state index in [1.807, 2.05) is 12.4 Å². The third kappa shape index (κ3) is 2.29. The van der Waals surface area contributed by atoms with Crippen LogP contribution < -0.4 is 0 Å². The van der Waals surface area contributed by atoms with Crippen molar-refractivity contribution in [2.24, 2.45) is 0 Å². The third-order valence-corrected chi connectivity index (χ3v) is 2.95. The summed E-state index contributed by atoms with van der Waals surface area (Å²) < 4.78 is 0. The molecular formula is C11H16N2O. The van der Waals surface area contributed by atoms with Gasteiger partial charge in [-0.2, -0.15) is 0 Å². The van der Waals surface area contributed by atoms with Crippen molar-refractivity contribution < 1.29 is 5.11 Å².